The summed E-state index contributed by atoms with van der Waals surface area (Å²) in [6.07, 6.45) is 0.599. The van der Waals surface area contributed by atoms with Gasteiger partial charge in [0.2, 0.25) is 0 Å². The molecule has 1 aromatic carbocycles. The van der Waals surface area contributed by atoms with E-state index in [1.807, 2.05) is 28.6 Å². The molecule has 124 valence electrons. The molecule has 0 spiro atoms. The van der Waals surface area contributed by atoms with Gasteiger partial charge in [-0.05, 0) is 35.4 Å². The molecule has 11 heteroatoms. The number of para-hydroxylation sites is 1. The fourth-order valence-electron chi connectivity index (χ4n) is 2.15. The molecule has 1 unspecified atom stereocenters. The number of hydrogen-bond donors (Lipinski definition) is 1. The summed E-state index contributed by atoms with van der Waals surface area (Å²) in [6, 6.07) is 5.77. The smallest absolute Gasteiger partial charge is 0.185 e. The lowest BCUT2D eigenvalue weighted by Crippen LogP contribution is -2.25. The van der Waals surface area contributed by atoms with Crippen LogP contribution in [0.3, 0.4) is 0 Å². The van der Waals surface area contributed by atoms with E-state index < -0.39 is 0 Å². The molecule has 0 radical (unpaired) electrons. The van der Waals surface area contributed by atoms with Crippen LogP contribution in [0.4, 0.5) is 5.82 Å². The number of thioether (sulfide) groups is 2. The molecule has 1 aliphatic rings. The van der Waals surface area contributed by atoms with Gasteiger partial charge in [-0.2, -0.15) is 5.10 Å². The van der Waals surface area contributed by atoms with Gasteiger partial charge in [-0.3, -0.25) is 0 Å². The lowest BCUT2D eigenvalue weighted by molar-refractivity contribution is 0.286. The van der Waals surface area contributed by atoms with Crippen molar-refractivity contribution in [2.24, 2.45) is 5.10 Å². The fourth-order valence-corrected chi connectivity index (χ4v) is 6.43. The van der Waals surface area contributed by atoms with E-state index in [0.29, 0.717) is 17.3 Å². The molecule has 0 amide bonds. The first-order valence-electron chi connectivity index (χ1n) is 6.90. The van der Waals surface area contributed by atoms with Gasteiger partial charge < -0.3 is 5.11 Å². The summed E-state index contributed by atoms with van der Waals surface area (Å²) in [5.41, 5.74) is 0.822. The first kappa shape index (κ1) is 16.6. The minimum absolute atomic E-state index is 0.0133. The van der Waals surface area contributed by atoms with E-state index in [-0.39, 0.29) is 12.0 Å². The van der Waals surface area contributed by atoms with Crippen LogP contribution < -0.4 is 5.01 Å². The summed E-state index contributed by atoms with van der Waals surface area (Å²) in [7, 11) is 0. The van der Waals surface area contributed by atoms with Crippen LogP contribution in [-0.4, -0.2) is 36.0 Å². The van der Waals surface area contributed by atoms with Crippen molar-refractivity contribution in [3.05, 3.63) is 28.6 Å². The molecule has 4 rings (SSSR count). The maximum Gasteiger partial charge on any atom is 0.185 e. The maximum absolute atomic E-state index is 9.29. The third-order valence-corrected chi connectivity index (χ3v) is 7.35. The number of anilines is 1. The highest BCUT2D eigenvalue weighted by Crippen LogP contribution is 2.41. The van der Waals surface area contributed by atoms with Crippen LogP contribution in [0.25, 0.3) is 10.2 Å². The standard InChI is InChI=1S/C13H10ClN5OS4/c14-7-2-1-3-8-11(7)15-12(22-8)24-13-17-19(9-6-21-18-16-9)10(23-13)4-5-20/h1-3,6,10,20H,4-5H2. The first-order valence-corrected chi connectivity index (χ1v) is 10.6. The van der Waals surface area contributed by atoms with Crippen LogP contribution in [0.15, 0.2) is 33.0 Å². The van der Waals surface area contributed by atoms with Crippen molar-refractivity contribution in [1.29, 1.82) is 0 Å². The lowest BCUT2D eigenvalue weighted by atomic mass is 10.3. The molecule has 1 N–H and O–H groups in total. The Kier molecular flexibility index (Phi) is 4.93. The number of halogens is 1. The Bertz CT molecular complexity index is 884. The monoisotopic (exact) mass is 415 g/mol. The second-order valence-corrected chi connectivity index (χ2v) is 9.44. The molecule has 0 fully saturated rings. The second kappa shape index (κ2) is 7.14. The maximum atomic E-state index is 9.29. The summed E-state index contributed by atoms with van der Waals surface area (Å²) in [6.45, 7) is 0.0932. The largest absolute Gasteiger partial charge is 0.396 e. The van der Waals surface area contributed by atoms with Crippen LogP contribution in [0, 0.1) is 0 Å². The predicted octanol–water partition coefficient (Wildman–Crippen LogP) is 4.13. The average Bonchev–Trinajstić information content (AvgIpc) is 3.27. The topological polar surface area (TPSA) is 74.5 Å². The number of nitrogens with zero attached hydrogens (tertiary/aromatic N) is 5. The van der Waals surface area contributed by atoms with Crippen LogP contribution >= 0.6 is 58.0 Å². The highest BCUT2D eigenvalue weighted by atomic mass is 35.5. The van der Waals surface area contributed by atoms with E-state index in [1.54, 1.807) is 23.1 Å². The zero-order chi connectivity index (χ0) is 16.5. The molecular weight excluding hydrogens is 406 g/mol. The minimum atomic E-state index is 0.0133. The predicted molar refractivity (Wildman–Crippen MR) is 103 cm³/mol. The Morgan fingerprint density at radius 3 is 3.04 bits per heavy atom. The average molecular weight is 416 g/mol. The molecule has 1 aliphatic heterocycles. The highest BCUT2D eigenvalue weighted by Gasteiger charge is 2.30. The number of aromatic nitrogens is 3. The number of hydrazone groups is 1. The molecule has 6 nitrogen and oxygen atoms in total. The van der Waals surface area contributed by atoms with Gasteiger partial charge in [-0.15, -0.1) is 16.4 Å². The third-order valence-electron chi connectivity index (χ3n) is 3.18. The Labute approximate surface area is 159 Å². The van der Waals surface area contributed by atoms with Crippen molar-refractivity contribution in [3.63, 3.8) is 0 Å². The van der Waals surface area contributed by atoms with E-state index in [4.69, 9.17) is 11.6 Å². The van der Waals surface area contributed by atoms with Crippen LogP contribution in [0.5, 0.6) is 0 Å². The van der Waals surface area contributed by atoms with Crippen LogP contribution in [0.1, 0.15) is 6.42 Å². The molecule has 0 bridgehead atoms. The number of rotatable bonds is 4. The minimum Gasteiger partial charge on any atom is -0.396 e. The molecule has 3 aromatic rings. The number of fused-ring (bicyclic) bond motifs is 1. The number of benzene rings is 1. The summed E-state index contributed by atoms with van der Waals surface area (Å²) >= 11 is 12.2. The van der Waals surface area contributed by atoms with Gasteiger partial charge in [0.15, 0.2) is 14.5 Å². The molecular formula is C13H10ClN5OS4. The molecule has 0 saturated heterocycles. The van der Waals surface area contributed by atoms with E-state index in [9.17, 15) is 5.11 Å². The molecule has 3 heterocycles. The summed E-state index contributed by atoms with van der Waals surface area (Å²) in [5, 5.41) is 22.3. The molecule has 2 aromatic heterocycles. The normalized spacial score (nSPS) is 17.7. The van der Waals surface area contributed by atoms with Gasteiger partial charge in [0.25, 0.3) is 0 Å². The number of aliphatic hydroxyl groups is 1. The SMILES string of the molecule is OCCC1SC(Sc2nc3c(Cl)cccc3s2)=NN1c1csnn1. The van der Waals surface area contributed by atoms with Crippen molar-refractivity contribution in [3.8, 4) is 0 Å². The molecule has 0 saturated carbocycles. The molecule has 0 aliphatic carbocycles. The molecule has 24 heavy (non-hydrogen) atoms. The first-order chi connectivity index (χ1) is 11.7. The fraction of sp³-hybridized carbons (Fsp3) is 0.231. The van der Waals surface area contributed by atoms with E-state index in [0.717, 1.165) is 18.9 Å². The summed E-state index contributed by atoms with van der Waals surface area (Å²) in [4.78, 5) is 4.60. The van der Waals surface area contributed by atoms with E-state index in [1.165, 1.54) is 23.3 Å². The zero-order valence-corrected chi connectivity index (χ0v) is 16.0. The number of thiazole rings is 1. The third kappa shape index (κ3) is 3.26. The number of hydrogen-bond acceptors (Lipinski definition) is 10. The van der Waals surface area contributed by atoms with Crippen molar-refractivity contribution in [2.75, 3.05) is 11.6 Å². The Morgan fingerprint density at radius 1 is 1.38 bits per heavy atom. The lowest BCUT2D eigenvalue weighted by Gasteiger charge is -2.18. The Morgan fingerprint density at radius 2 is 2.29 bits per heavy atom. The van der Waals surface area contributed by atoms with Gasteiger partial charge in [0, 0.05) is 13.0 Å². The van der Waals surface area contributed by atoms with E-state index >= 15 is 0 Å². The number of aliphatic hydroxyl groups excluding tert-OH is 1. The summed E-state index contributed by atoms with van der Waals surface area (Å²) < 4.78 is 6.71. The van der Waals surface area contributed by atoms with Crippen LogP contribution in [0.2, 0.25) is 5.02 Å². The van der Waals surface area contributed by atoms with Crippen molar-refractivity contribution in [1.82, 2.24) is 14.6 Å². The van der Waals surface area contributed by atoms with Gasteiger partial charge in [-0.1, -0.05) is 33.9 Å². The van der Waals surface area contributed by atoms with Gasteiger partial charge in [0.1, 0.15) is 10.9 Å². The summed E-state index contributed by atoms with van der Waals surface area (Å²) in [5.74, 6) is 0.703. The quantitative estimate of drug-likeness (QED) is 0.686. The van der Waals surface area contributed by atoms with Crippen molar-refractivity contribution >= 4 is 78.4 Å². The van der Waals surface area contributed by atoms with Crippen molar-refractivity contribution < 1.29 is 5.11 Å². The van der Waals surface area contributed by atoms with Crippen molar-refractivity contribution in [2.45, 2.75) is 16.1 Å². The van der Waals surface area contributed by atoms with Gasteiger partial charge in [-0.25, -0.2) is 9.99 Å². The Hall–Kier alpha value is -0.910. The van der Waals surface area contributed by atoms with Gasteiger partial charge >= 0.3 is 0 Å². The second-order valence-electron chi connectivity index (χ2n) is 4.73. The molecule has 1 atom stereocenters. The van der Waals surface area contributed by atoms with Gasteiger partial charge in [0.05, 0.1) is 15.1 Å². The van der Waals surface area contributed by atoms with Crippen LogP contribution in [-0.2, 0) is 0 Å². The van der Waals surface area contributed by atoms with E-state index in [2.05, 4.69) is 19.7 Å². The zero-order valence-electron chi connectivity index (χ0n) is 12.0. The highest BCUT2D eigenvalue weighted by molar-refractivity contribution is 8.39. The Balaban J connectivity index is 1.59.